The van der Waals surface area contributed by atoms with E-state index in [1.54, 1.807) is 14.0 Å². The lowest BCUT2D eigenvalue weighted by Crippen LogP contribution is -2.59. The highest BCUT2D eigenvalue weighted by atomic mass is 16.7. The third-order valence-electron chi connectivity index (χ3n) is 4.05. The van der Waals surface area contributed by atoms with Gasteiger partial charge in [-0.05, 0) is 12.8 Å². The van der Waals surface area contributed by atoms with Gasteiger partial charge in [0.25, 0.3) is 0 Å². The summed E-state index contributed by atoms with van der Waals surface area (Å²) in [6, 6.07) is 0. The minimum atomic E-state index is -0.904. The number of hydrogen-bond donors (Lipinski definition) is 0. The molecule has 6 atom stereocenters. The van der Waals surface area contributed by atoms with Crippen molar-refractivity contribution in [3.8, 4) is 0 Å². The molecule has 0 spiro atoms. The summed E-state index contributed by atoms with van der Waals surface area (Å²) in [7, 11) is 5.90. The number of carbonyl (C=O) groups is 2. The van der Waals surface area contributed by atoms with Crippen molar-refractivity contribution in [2.24, 2.45) is 5.92 Å². The van der Waals surface area contributed by atoms with Gasteiger partial charge < -0.3 is 28.4 Å². The van der Waals surface area contributed by atoms with E-state index in [4.69, 9.17) is 23.7 Å². The lowest BCUT2D eigenvalue weighted by atomic mass is 9.99. The molecular formula is C16H28O8. The summed E-state index contributed by atoms with van der Waals surface area (Å²) in [5.41, 5.74) is 0. The Kier molecular flexibility index (Phi) is 8.61. The maximum atomic E-state index is 12.1. The number of methoxy groups -OCH3 is 4. The van der Waals surface area contributed by atoms with Gasteiger partial charge in [0.2, 0.25) is 6.29 Å². The third-order valence-corrected chi connectivity index (χ3v) is 4.05. The molecule has 8 nitrogen and oxygen atoms in total. The van der Waals surface area contributed by atoms with Gasteiger partial charge in [0.15, 0.2) is 0 Å². The van der Waals surface area contributed by atoms with Crippen LogP contribution in [0, 0.1) is 5.92 Å². The van der Waals surface area contributed by atoms with E-state index >= 15 is 0 Å². The molecule has 0 N–H and O–H groups in total. The van der Waals surface area contributed by atoms with E-state index in [0.29, 0.717) is 0 Å². The van der Waals surface area contributed by atoms with Gasteiger partial charge in [-0.15, -0.1) is 0 Å². The van der Waals surface area contributed by atoms with E-state index < -0.39 is 24.5 Å². The van der Waals surface area contributed by atoms with E-state index in [9.17, 15) is 9.59 Å². The van der Waals surface area contributed by atoms with E-state index in [2.05, 4.69) is 4.74 Å². The highest BCUT2D eigenvalue weighted by molar-refractivity contribution is 5.73. The van der Waals surface area contributed by atoms with Crippen LogP contribution in [0.3, 0.4) is 0 Å². The SMILES string of the molecule is COC(=O)C[C@H](C)CC(=O)O[C@@H]1O[C@@H](C)[C@H](OC)[C@@H](OC)[C@H]1OC. The Balaban J connectivity index is 2.67. The van der Waals surface area contributed by atoms with Crippen molar-refractivity contribution in [1.82, 2.24) is 0 Å². The zero-order valence-corrected chi connectivity index (χ0v) is 15.1. The largest absolute Gasteiger partial charge is 0.469 e. The first-order chi connectivity index (χ1) is 11.4. The Morgan fingerprint density at radius 1 is 0.917 bits per heavy atom. The van der Waals surface area contributed by atoms with Crippen LogP contribution in [-0.4, -0.2) is 71.1 Å². The lowest BCUT2D eigenvalue weighted by Gasteiger charge is -2.43. The molecule has 140 valence electrons. The first-order valence-corrected chi connectivity index (χ1v) is 7.88. The summed E-state index contributed by atoms with van der Waals surface area (Å²) in [5.74, 6) is -1.04. The molecule has 0 unspecified atom stereocenters. The zero-order valence-electron chi connectivity index (χ0n) is 15.1. The van der Waals surface area contributed by atoms with E-state index in [1.807, 2.05) is 6.92 Å². The lowest BCUT2D eigenvalue weighted by molar-refractivity contribution is -0.297. The molecule has 1 saturated heterocycles. The van der Waals surface area contributed by atoms with Crippen LogP contribution in [0.2, 0.25) is 0 Å². The summed E-state index contributed by atoms with van der Waals surface area (Å²) >= 11 is 0. The number of ether oxygens (including phenoxy) is 6. The Morgan fingerprint density at radius 2 is 1.46 bits per heavy atom. The first-order valence-electron chi connectivity index (χ1n) is 7.88. The van der Waals surface area contributed by atoms with Crippen molar-refractivity contribution in [1.29, 1.82) is 0 Å². The van der Waals surface area contributed by atoms with Crippen LogP contribution in [0.5, 0.6) is 0 Å². The fraction of sp³-hybridized carbons (Fsp3) is 0.875. The van der Waals surface area contributed by atoms with Crippen molar-refractivity contribution >= 4 is 11.9 Å². The maximum absolute atomic E-state index is 12.1. The Hall–Kier alpha value is -1.22. The van der Waals surface area contributed by atoms with Gasteiger partial charge in [-0.3, -0.25) is 9.59 Å². The van der Waals surface area contributed by atoms with Crippen LogP contribution in [0.4, 0.5) is 0 Å². The van der Waals surface area contributed by atoms with E-state index in [1.165, 1.54) is 21.3 Å². The molecule has 1 fully saturated rings. The monoisotopic (exact) mass is 348 g/mol. The quantitative estimate of drug-likeness (QED) is 0.598. The van der Waals surface area contributed by atoms with Crippen molar-refractivity contribution < 1.29 is 38.0 Å². The molecule has 0 bridgehead atoms. The Labute approximate surface area is 142 Å². The maximum Gasteiger partial charge on any atom is 0.308 e. The molecule has 0 aliphatic carbocycles. The highest BCUT2D eigenvalue weighted by Crippen LogP contribution is 2.28. The van der Waals surface area contributed by atoms with Gasteiger partial charge in [0.1, 0.15) is 18.3 Å². The molecular weight excluding hydrogens is 320 g/mol. The predicted molar refractivity (Wildman–Crippen MR) is 83.2 cm³/mol. The molecule has 0 saturated carbocycles. The van der Waals surface area contributed by atoms with Crippen LogP contribution in [0.1, 0.15) is 26.7 Å². The van der Waals surface area contributed by atoms with Gasteiger partial charge in [-0.2, -0.15) is 0 Å². The standard InChI is InChI=1S/C16H28O8/c1-9(7-11(17)19-3)8-12(18)24-16-15(22-6)14(21-5)13(20-4)10(2)23-16/h9-10,13-16H,7-8H2,1-6H3/t9-,10-,13-,14+,15+,16-/m0/s1. The predicted octanol–water partition coefficient (Wildman–Crippen LogP) is 0.909. The first kappa shape index (κ1) is 20.8. The minimum Gasteiger partial charge on any atom is -0.469 e. The molecule has 1 aliphatic heterocycles. The topological polar surface area (TPSA) is 89.5 Å². The molecule has 24 heavy (non-hydrogen) atoms. The van der Waals surface area contributed by atoms with Gasteiger partial charge >= 0.3 is 11.9 Å². The highest BCUT2D eigenvalue weighted by Gasteiger charge is 2.47. The summed E-state index contributed by atoms with van der Waals surface area (Å²) in [5, 5.41) is 0. The van der Waals surface area contributed by atoms with Gasteiger partial charge in [0.05, 0.1) is 13.2 Å². The minimum absolute atomic E-state index is 0.0745. The summed E-state index contributed by atoms with van der Waals surface area (Å²) in [6.45, 7) is 3.59. The van der Waals surface area contributed by atoms with Crippen LogP contribution in [0.15, 0.2) is 0 Å². The molecule has 0 aromatic heterocycles. The van der Waals surface area contributed by atoms with Crippen LogP contribution in [-0.2, 0) is 38.0 Å². The average molecular weight is 348 g/mol. The molecule has 8 heteroatoms. The summed E-state index contributed by atoms with van der Waals surface area (Å²) in [6.07, 6.45) is -2.41. The second-order valence-electron chi connectivity index (χ2n) is 5.89. The van der Waals surface area contributed by atoms with Crippen molar-refractivity contribution in [3.05, 3.63) is 0 Å². The number of rotatable bonds is 8. The Bertz CT molecular complexity index is 413. The molecule has 1 rings (SSSR count). The Morgan fingerprint density at radius 3 is 1.96 bits per heavy atom. The van der Waals surface area contributed by atoms with Crippen LogP contribution in [0.25, 0.3) is 0 Å². The molecule has 1 heterocycles. The van der Waals surface area contributed by atoms with Gasteiger partial charge in [0, 0.05) is 34.2 Å². The summed E-state index contributed by atoms with van der Waals surface area (Å²) in [4.78, 5) is 23.4. The van der Waals surface area contributed by atoms with Gasteiger partial charge in [-0.1, -0.05) is 6.92 Å². The van der Waals surface area contributed by atoms with Crippen molar-refractivity contribution in [2.75, 3.05) is 28.4 Å². The molecule has 0 aromatic carbocycles. The van der Waals surface area contributed by atoms with Crippen molar-refractivity contribution in [3.63, 3.8) is 0 Å². The smallest absolute Gasteiger partial charge is 0.308 e. The van der Waals surface area contributed by atoms with Crippen LogP contribution < -0.4 is 0 Å². The summed E-state index contributed by atoms with van der Waals surface area (Å²) < 4.78 is 31.9. The normalized spacial score (nSPS) is 31.3. The fourth-order valence-corrected chi connectivity index (χ4v) is 2.81. The number of hydrogen-bond acceptors (Lipinski definition) is 8. The number of esters is 2. The van der Waals surface area contributed by atoms with Crippen molar-refractivity contribution in [2.45, 2.75) is 57.4 Å². The van der Waals surface area contributed by atoms with Gasteiger partial charge in [-0.25, -0.2) is 0 Å². The third kappa shape index (κ3) is 5.41. The average Bonchev–Trinajstić information content (AvgIpc) is 2.53. The zero-order chi connectivity index (χ0) is 18.3. The second-order valence-corrected chi connectivity index (χ2v) is 5.89. The van der Waals surface area contributed by atoms with E-state index in [-0.39, 0.29) is 36.9 Å². The number of carbonyl (C=O) groups excluding carboxylic acids is 2. The fourth-order valence-electron chi connectivity index (χ4n) is 2.81. The van der Waals surface area contributed by atoms with E-state index in [0.717, 1.165) is 0 Å². The molecule has 0 radical (unpaired) electrons. The molecule has 0 aromatic rings. The molecule has 1 aliphatic rings. The second kappa shape index (κ2) is 9.93. The molecule has 0 amide bonds. The van der Waals surface area contributed by atoms with Crippen LogP contribution >= 0.6 is 0 Å².